The number of nitrogens with zero attached hydrogens (tertiary/aromatic N) is 2. The van der Waals surface area contributed by atoms with Gasteiger partial charge >= 0.3 is 12.5 Å². The third-order valence-electron chi connectivity index (χ3n) is 5.41. The van der Waals surface area contributed by atoms with Crippen LogP contribution in [-0.2, 0) is 19.1 Å². The summed E-state index contributed by atoms with van der Waals surface area (Å²) < 4.78 is 82.2. The van der Waals surface area contributed by atoms with Crippen molar-refractivity contribution in [3.8, 4) is 16.3 Å². The van der Waals surface area contributed by atoms with E-state index in [9.17, 15) is 31.1 Å². The van der Waals surface area contributed by atoms with E-state index in [1.54, 1.807) is 18.2 Å². The lowest BCUT2D eigenvalue weighted by Crippen LogP contribution is -2.27. The minimum Gasteiger partial charge on any atom is -0.406 e. The van der Waals surface area contributed by atoms with Gasteiger partial charge in [0.15, 0.2) is 5.69 Å². The SMILES string of the molecule is CCN(CC)Cc1cccc(-c2nc(C(F)(F)F)c(C(=O)NCCc3cccc(OC(F)(F)F)c3)s2)c1. The van der Waals surface area contributed by atoms with E-state index in [4.69, 9.17) is 0 Å². The number of aromatic nitrogens is 1. The largest absolute Gasteiger partial charge is 0.573 e. The quantitative estimate of drug-likeness (QED) is 0.294. The maximum Gasteiger partial charge on any atom is 0.573 e. The van der Waals surface area contributed by atoms with Gasteiger partial charge in [-0.1, -0.05) is 44.2 Å². The molecule has 0 fully saturated rings. The number of hydrogen-bond donors (Lipinski definition) is 1. The van der Waals surface area contributed by atoms with Crippen molar-refractivity contribution in [3.05, 3.63) is 70.2 Å². The predicted molar refractivity (Wildman–Crippen MR) is 128 cm³/mol. The minimum atomic E-state index is -4.85. The Morgan fingerprint density at radius 2 is 1.68 bits per heavy atom. The number of halogens is 6. The van der Waals surface area contributed by atoms with Gasteiger partial charge in [0.2, 0.25) is 0 Å². The molecule has 2 aromatic carbocycles. The standard InChI is InChI=1S/C25H25F6N3O2S/c1-3-34(4-2)15-17-8-5-9-18(13-17)23-33-21(24(26,27)28)20(37-23)22(35)32-12-11-16-7-6-10-19(14-16)36-25(29,30)31/h5-10,13-14H,3-4,11-12,15H2,1-2H3,(H,32,35). The van der Waals surface area contributed by atoms with Gasteiger partial charge in [0, 0.05) is 18.7 Å². The van der Waals surface area contributed by atoms with Gasteiger partial charge in [0.1, 0.15) is 15.6 Å². The first-order valence-electron chi connectivity index (χ1n) is 11.4. The second-order valence-electron chi connectivity index (χ2n) is 8.06. The molecule has 0 saturated heterocycles. The fourth-order valence-corrected chi connectivity index (χ4v) is 4.59. The number of carbonyl (C=O) groups excluding carboxylic acids is 1. The summed E-state index contributed by atoms with van der Waals surface area (Å²) in [5.41, 5.74) is 0.515. The van der Waals surface area contributed by atoms with Crippen LogP contribution in [0.2, 0.25) is 0 Å². The van der Waals surface area contributed by atoms with Gasteiger partial charge in [-0.2, -0.15) is 13.2 Å². The molecule has 0 spiro atoms. The van der Waals surface area contributed by atoms with E-state index < -0.39 is 34.8 Å². The zero-order chi connectivity index (χ0) is 27.2. The van der Waals surface area contributed by atoms with Gasteiger partial charge in [0.05, 0.1) is 0 Å². The Labute approximate surface area is 214 Å². The highest BCUT2D eigenvalue weighted by atomic mass is 32.1. The van der Waals surface area contributed by atoms with E-state index in [-0.39, 0.29) is 18.0 Å². The Hall–Kier alpha value is -3.12. The molecule has 0 aliphatic carbocycles. The van der Waals surface area contributed by atoms with E-state index in [1.807, 2.05) is 19.9 Å². The van der Waals surface area contributed by atoms with E-state index in [0.29, 0.717) is 29.0 Å². The summed E-state index contributed by atoms with van der Waals surface area (Å²) in [5.74, 6) is -1.39. The highest BCUT2D eigenvalue weighted by Gasteiger charge is 2.39. The van der Waals surface area contributed by atoms with Crippen molar-refractivity contribution in [2.75, 3.05) is 19.6 Å². The van der Waals surface area contributed by atoms with Crippen molar-refractivity contribution >= 4 is 17.2 Å². The number of carbonyl (C=O) groups is 1. The molecule has 3 rings (SSSR count). The number of hydrogen-bond acceptors (Lipinski definition) is 5. The maximum atomic E-state index is 13.7. The number of ether oxygens (including phenoxy) is 1. The number of benzene rings is 2. The first-order valence-corrected chi connectivity index (χ1v) is 12.2. The molecule has 37 heavy (non-hydrogen) atoms. The molecule has 1 aromatic heterocycles. The summed E-state index contributed by atoms with van der Waals surface area (Å²) in [6.07, 6.45) is -9.61. The zero-order valence-corrected chi connectivity index (χ0v) is 20.9. The molecular weight excluding hydrogens is 520 g/mol. The topological polar surface area (TPSA) is 54.5 Å². The van der Waals surface area contributed by atoms with Crippen molar-refractivity contribution < 1.29 is 35.9 Å². The van der Waals surface area contributed by atoms with E-state index in [1.165, 1.54) is 12.1 Å². The summed E-state index contributed by atoms with van der Waals surface area (Å²) in [4.78, 5) is 18.0. The maximum absolute atomic E-state index is 13.7. The van der Waals surface area contributed by atoms with Crippen molar-refractivity contribution in [2.24, 2.45) is 0 Å². The Morgan fingerprint density at radius 1 is 1.00 bits per heavy atom. The van der Waals surface area contributed by atoms with E-state index >= 15 is 0 Å². The van der Waals surface area contributed by atoms with Crippen LogP contribution in [0.3, 0.4) is 0 Å². The van der Waals surface area contributed by atoms with E-state index in [2.05, 4.69) is 19.9 Å². The van der Waals surface area contributed by atoms with Crippen molar-refractivity contribution in [3.63, 3.8) is 0 Å². The first kappa shape index (κ1) is 28.5. The van der Waals surface area contributed by atoms with Gasteiger partial charge in [-0.3, -0.25) is 9.69 Å². The number of alkyl halides is 6. The van der Waals surface area contributed by atoms with Gasteiger partial charge in [0.25, 0.3) is 5.91 Å². The Morgan fingerprint density at radius 3 is 2.32 bits per heavy atom. The summed E-state index contributed by atoms with van der Waals surface area (Å²) in [7, 11) is 0. The smallest absolute Gasteiger partial charge is 0.406 e. The molecule has 12 heteroatoms. The van der Waals surface area contributed by atoms with Crippen molar-refractivity contribution in [1.29, 1.82) is 0 Å². The summed E-state index contributed by atoms with van der Waals surface area (Å²) in [6, 6.07) is 12.2. The van der Waals surface area contributed by atoms with Crippen molar-refractivity contribution in [1.82, 2.24) is 15.2 Å². The third kappa shape index (κ3) is 8.19. The normalized spacial score (nSPS) is 12.1. The van der Waals surface area contributed by atoms with Crippen molar-refractivity contribution in [2.45, 2.75) is 39.4 Å². The fourth-order valence-electron chi connectivity index (χ4n) is 3.60. The molecule has 1 heterocycles. The van der Waals surface area contributed by atoms with Crippen LogP contribution in [0.25, 0.3) is 10.6 Å². The third-order valence-corrected chi connectivity index (χ3v) is 6.51. The van der Waals surface area contributed by atoms with E-state index in [0.717, 1.165) is 30.8 Å². The molecule has 5 nitrogen and oxygen atoms in total. The minimum absolute atomic E-state index is 0.0656. The Kier molecular flexibility index (Phi) is 9.19. The second kappa shape index (κ2) is 12.0. The first-order chi connectivity index (χ1) is 17.4. The number of rotatable bonds is 10. The van der Waals surface area contributed by atoms with Gasteiger partial charge in [-0.15, -0.1) is 24.5 Å². The molecule has 0 radical (unpaired) electrons. The molecular formula is C25H25F6N3O2S. The lowest BCUT2D eigenvalue weighted by atomic mass is 10.1. The number of nitrogens with one attached hydrogen (secondary N) is 1. The molecule has 0 bridgehead atoms. The highest BCUT2D eigenvalue weighted by Crippen LogP contribution is 2.38. The average Bonchev–Trinajstić information content (AvgIpc) is 3.28. The highest BCUT2D eigenvalue weighted by molar-refractivity contribution is 7.17. The summed E-state index contributed by atoms with van der Waals surface area (Å²) >= 11 is 0.640. The molecule has 0 saturated carbocycles. The summed E-state index contributed by atoms with van der Waals surface area (Å²) in [5, 5.41) is 2.47. The van der Waals surface area contributed by atoms with Gasteiger partial charge in [-0.05, 0) is 48.8 Å². The number of thiazole rings is 1. The lowest BCUT2D eigenvalue weighted by Gasteiger charge is -2.18. The fraction of sp³-hybridized carbons (Fsp3) is 0.360. The Balaban J connectivity index is 1.75. The monoisotopic (exact) mass is 545 g/mol. The molecule has 0 unspecified atom stereocenters. The van der Waals surface area contributed by atoms with Gasteiger partial charge < -0.3 is 10.1 Å². The van der Waals surface area contributed by atoms with Crippen LogP contribution in [0.1, 0.15) is 40.3 Å². The van der Waals surface area contributed by atoms with Crippen LogP contribution in [0.5, 0.6) is 5.75 Å². The van der Waals surface area contributed by atoms with Crippen LogP contribution < -0.4 is 10.1 Å². The van der Waals surface area contributed by atoms with Crippen LogP contribution >= 0.6 is 11.3 Å². The second-order valence-corrected chi connectivity index (χ2v) is 9.06. The lowest BCUT2D eigenvalue weighted by molar-refractivity contribution is -0.274. The summed E-state index contributed by atoms with van der Waals surface area (Å²) in [6.45, 7) is 6.20. The van der Waals surface area contributed by atoms with Gasteiger partial charge in [-0.25, -0.2) is 4.98 Å². The molecule has 0 atom stereocenters. The van der Waals surface area contributed by atoms with Crippen LogP contribution in [0, 0.1) is 0 Å². The molecule has 200 valence electrons. The Bertz CT molecular complexity index is 1210. The molecule has 1 amide bonds. The van der Waals surface area contributed by atoms with Crippen LogP contribution in [0.15, 0.2) is 48.5 Å². The average molecular weight is 546 g/mol. The molecule has 3 aromatic rings. The van der Waals surface area contributed by atoms with Crippen LogP contribution in [-0.4, -0.2) is 41.8 Å². The zero-order valence-electron chi connectivity index (χ0n) is 20.0. The number of amides is 1. The predicted octanol–water partition coefficient (Wildman–Crippen LogP) is 6.54. The van der Waals surface area contributed by atoms with Crippen LogP contribution in [0.4, 0.5) is 26.3 Å². The molecule has 1 N–H and O–H groups in total. The molecule has 0 aliphatic heterocycles. The molecule has 0 aliphatic rings.